The van der Waals surface area contributed by atoms with Crippen LogP contribution in [0.5, 0.6) is 0 Å². The van der Waals surface area contributed by atoms with E-state index >= 15 is 0 Å². The Morgan fingerprint density at radius 3 is 2.16 bits per heavy atom. The van der Waals surface area contributed by atoms with Gasteiger partial charge in [0.2, 0.25) is 0 Å². The molecular formula is C13H27N3O2S. The zero-order valence-corrected chi connectivity index (χ0v) is 12.7. The van der Waals surface area contributed by atoms with Gasteiger partial charge in [0.1, 0.15) is 15.4 Å². The van der Waals surface area contributed by atoms with Crippen LogP contribution in [0.25, 0.3) is 0 Å². The fourth-order valence-corrected chi connectivity index (χ4v) is 4.11. The van der Waals surface area contributed by atoms with Gasteiger partial charge in [-0.3, -0.25) is 0 Å². The summed E-state index contributed by atoms with van der Waals surface area (Å²) in [6.07, 6.45) is 2.83. The quantitative estimate of drug-likeness (QED) is 0.782. The van der Waals surface area contributed by atoms with Crippen molar-refractivity contribution in [2.45, 2.75) is 51.1 Å². The molecule has 2 fully saturated rings. The first-order valence-electron chi connectivity index (χ1n) is 7.09. The first kappa shape index (κ1) is 16.4. The summed E-state index contributed by atoms with van der Waals surface area (Å²) in [4.78, 5) is 2.30. The van der Waals surface area contributed by atoms with Crippen LogP contribution in [0.1, 0.15) is 41.0 Å². The third-order valence-corrected chi connectivity index (χ3v) is 5.67. The van der Waals surface area contributed by atoms with Gasteiger partial charge in [0.05, 0.1) is 17.6 Å². The second kappa shape index (κ2) is 6.69. The number of sulfone groups is 1. The molecule has 2 heterocycles. The molecule has 0 spiro atoms. The summed E-state index contributed by atoms with van der Waals surface area (Å²) in [6, 6.07) is 2.53. The lowest BCUT2D eigenvalue weighted by Gasteiger charge is -2.40. The second-order valence-electron chi connectivity index (χ2n) is 5.19. The molecule has 2 saturated heterocycles. The number of likely N-dealkylation sites (tertiary alicyclic amines) is 1. The zero-order chi connectivity index (χ0) is 14.5. The van der Waals surface area contributed by atoms with E-state index < -0.39 is 15.4 Å². The largest absolute Gasteiger partial charge is 0.313 e. The molecule has 112 valence electrons. The molecule has 0 unspecified atom stereocenters. The average molecular weight is 289 g/mol. The van der Waals surface area contributed by atoms with E-state index in [1.807, 2.05) is 13.8 Å². The smallest absolute Gasteiger partial charge is 0.150 e. The fourth-order valence-electron chi connectivity index (χ4n) is 2.64. The van der Waals surface area contributed by atoms with Crippen molar-refractivity contribution >= 4 is 9.84 Å². The number of nitrogens with zero attached hydrogens (tertiary/aromatic N) is 2. The maximum absolute atomic E-state index is 11.3. The predicted molar refractivity (Wildman–Crippen MR) is 78.5 cm³/mol. The van der Waals surface area contributed by atoms with Crippen molar-refractivity contribution in [3.05, 3.63) is 0 Å². The molecule has 0 aromatic carbocycles. The van der Waals surface area contributed by atoms with Gasteiger partial charge in [0.25, 0.3) is 0 Å². The molecule has 2 N–H and O–H groups in total. The van der Waals surface area contributed by atoms with E-state index in [1.54, 1.807) is 0 Å². The average Bonchev–Trinajstić information content (AvgIpc) is 2.42. The van der Waals surface area contributed by atoms with Gasteiger partial charge in [-0.1, -0.05) is 13.8 Å². The van der Waals surface area contributed by atoms with E-state index in [2.05, 4.69) is 11.0 Å². The lowest BCUT2D eigenvalue weighted by atomic mass is 9.89. The van der Waals surface area contributed by atoms with Crippen LogP contribution in [-0.2, 0) is 9.84 Å². The lowest BCUT2D eigenvalue weighted by molar-refractivity contribution is 0.127. The predicted octanol–water partition coefficient (Wildman–Crippen LogP) is 1.15. The van der Waals surface area contributed by atoms with Gasteiger partial charge in [-0.25, -0.2) is 8.42 Å². The lowest BCUT2D eigenvalue weighted by Crippen LogP contribution is -2.53. The van der Waals surface area contributed by atoms with E-state index in [-0.39, 0.29) is 1.43 Å². The first-order chi connectivity index (χ1) is 8.94. The third kappa shape index (κ3) is 4.44. The minimum absolute atomic E-state index is 0. The number of piperidine rings is 1. The van der Waals surface area contributed by atoms with Crippen molar-refractivity contribution in [3.63, 3.8) is 0 Å². The normalized spacial score (nSPS) is 26.8. The molecule has 19 heavy (non-hydrogen) atoms. The van der Waals surface area contributed by atoms with E-state index in [1.165, 1.54) is 0 Å². The Morgan fingerprint density at radius 2 is 1.74 bits per heavy atom. The molecule has 0 saturated carbocycles. The molecular weight excluding hydrogens is 262 g/mol. The van der Waals surface area contributed by atoms with Gasteiger partial charge >= 0.3 is 0 Å². The van der Waals surface area contributed by atoms with E-state index in [0.717, 1.165) is 25.9 Å². The van der Waals surface area contributed by atoms with Crippen LogP contribution < -0.4 is 5.73 Å². The second-order valence-corrected chi connectivity index (χ2v) is 7.49. The topological polar surface area (TPSA) is 87.2 Å². The highest BCUT2D eigenvalue weighted by Crippen LogP contribution is 2.25. The molecule has 0 aromatic rings. The Labute approximate surface area is 118 Å². The molecule has 2 aliphatic heterocycles. The van der Waals surface area contributed by atoms with Gasteiger partial charge in [0.15, 0.2) is 0 Å². The van der Waals surface area contributed by atoms with Crippen LogP contribution >= 0.6 is 0 Å². The van der Waals surface area contributed by atoms with Gasteiger partial charge in [-0.2, -0.15) is 5.26 Å². The number of nitriles is 1. The summed E-state index contributed by atoms with van der Waals surface area (Å²) in [5, 5.41) is 8.94. The van der Waals surface area contributed by atoms with Crippen LogP contribution in [0.4, 0.5) is 0 Å². The summed E-state index contributed by atoms with van der Waals surface area (Å²) < 4.78 is 22.7. The molecule has 6 heteroatoms. The van der Waals surface area contributed by atoms with Crippen molar-refractivity contribution in [1.29, 1.82) is 5.26 Å². The monoisotopic (exact) mass is 289 g/mol. The molecule has 0 aliphatic carbocycles. The SMILES string of the molecule is CC.N#CC1(N)CCN(C2CCS(=O)(=O)CC2)CC1.[HH]. The molecule has 5 nitrogen and oxygen atoms in total. The summed E-state index contributed by atoms with van der Waals surface area (Å²) >= 11 is 0. The zero-order valence-electron chi connectivity index (χ0n) is 11.9. The van der Waals surface area contributed by atoms with Crippen LogP contribution in [0.15, 0.2) is 0 Å². The number of rotatable bonds is 1. The van der Waals surface area contributed by atoms with Crippen molar-refractivity contribution in [1.82, 2.24) is 4.90 Å². The highest BCUT2D eigenvalue weighted by molar-refractivity contribution is 7.91. The molecule has 2 rings (SSSR count). The number of nitrogens with two attached hydrogens (primary N) is 1. The van der Waals surface area contributed by atoms with Crippen molar-refractivity contribution in [3.8, 4) is 6.07 Å². The van der Waals surface area contributed by atoms with Gasteiger partial charge in [-0.05, 0) is 25.7 Å². The van der Waals surface area contributed by atoms with E-state index in [9.17, 15) is 8.42 Å². The minimum atomic E-state index is -2.79. The summed E-state index contributed by atoms with van der Waals surface area (Å²) in [6.45, 7) is 5.63. The summed E-state index contributed by atoms with van der Waals surface area (Å²) in [5.41, 5.74) is 5.24. The highest BCUT2D eigenvalue weighted by Gasteiger charge is 2.35. The molecule has 0 amide bonds. The molecule has 0 aromatic heterocycles. The standard InChI is InChI=1S/C11H19N3O2S.C2H6.H2/c12-9-11(13)3-5-14(6-4-11)10-1-7-17(15,16)8-2-10;1-2;/h10H,1-8,13H2;1-2H3;1H. The number of hydrogen-bond donors (Lipinski definition) is 1. The molecule has 2 aliphatic rings. The van der Waals surface area contributed by atoms with Gasteiger partial charge < -0.3 is 10.6 Å². The van der Waals surface area contributed by atoms with Crippen LogP contribution in [0, 0.1) is 11.3 Å². The Kier molecular flexibility index (Phi) is 5.78. The number of hydrogen-bond acceptors (Lipinski definition) is 5. The minimum Gasteiger partial charge on any atom is -0.313 e. The first-order valence-corrected chi connectivity index (χ1v) is 8.91. The van der Waals surface area contributed by atoms with Crippen LogP contribution in [0.3, 0.4) is 0 Å². The molecule has 0 bridgehead atoms. The van der Waals surface area contributed by atoms with Crippen molar-refractivity contribution in [2.75, 3.05) is 24.6 Å². The van der Waals surface area contributed by atoms with Gasteiger partial charge in [-0.15, -0.1) is 0 Å². The van der Waals surface area contributed by atoms with E-state index in [0.29, 0.717) is 30.4 Å². The Bertz CT molecular complexity index is 411. The highest BCUT2D eigenvalue weighted by atomic mass is 32.2. The fraction of sp³-hybridized carbons (Fsp3) is 0.923. The van der Waals surface area contributed by atoms with E-state index in [4.69, 9.17) is 11.0 Å². The summed E-state index contributed by atoms with van der Waals surface area (Å²) in [5.74, 6) is 0.611. The Hall–Kier alpha value is -0.640. The third-order valence-electron chi connectivity index (χ3n) is 3.95. The maximum Gasteiger partial charge on any atom is 0.150 e. The van der Waals surface area contributed by atoms with Crippen LogP contribution in [0.2, 0.25) is 0 Å². The Morgan fingerprint density at radius 1 is 1.26 bits per heavy atom. The molecule has 0 atom stereocenters. The summed E-state index contributed by atoms with van der Waals surface area (Å²) in [7, 11) is -2.79. The van der Waals surface area contributed by atoms with Gasteiger partial charge in [0, 0.05) is 20.6 Å². The van der Waals surface area contributed by atoms with Crippen molar-refractivity contribution in [2.24, 2.45) is 5.73 Å². The van der Waals surface area contributed by atoms with Crippen molar-refractivity contribution < 1.29 is 9.84 Å². The Balaban J connectivity index is 0.00000115. The maximum atomic E-state index is 11.3. The molecule has 0 radical (unpaired) electrons. The van der Waals surface area contributed by atoms with Crippen LogP contribution in [-0.4, -0.2) is 49.5 Å².